The van der Waals surface area contributed by atoms with Gasteiger partial charge in [-0.2, -0.15) is 13.2 Å². The second-order valence-electron chi connectivity index (χ2n) is 5.59. The molecule has 1 saturated heterocycles. The summed E-state index contributed by atoms with van der Waals surface area (Å²) < 4.78 is 36.9. The summed E-state index contributed by atoms with van der Waals surface area (Å²) in [5.41, 5.74) is 6.11. The van der Waals surface area contributed by atoms with Crippen LogP contribution < -0.4 is 5.73 Å². The molecule has 0 radical (unpaired) electrons. The molecule has 2 aliphatic rings. The number of aliphatic hydroxyl groups excluding tert-OH is 1. The lowest BCUT2D eigenvalue weighted by Crippen LogP contribution is -2.58. The van der Waals surface area contributed by atoms with E-state index in [0.29, 0.717) is 32.1 Å². The van der Waals surface area contributed by atoms with Gasteiger partial charge in [0.1, 0.15) is 0 Å². The average Bonchev–Trinajstić information content (AvgIpc) is 3.14. The summed E-state index contributed by atoms with van der Waals surface area (Å²) in [6.07, 6.45) is -1.93. The molecule has 2 fully saturated rings. The first-order valence-corrected chi connectivity index (χ1v) is 6.80. The molecule has 0 aromatic heterocycles. The van der Waals surface area contributed by atoms with Crippen LogP contribution in [0.1, 0.15) is 12.8 Å². The second-order valence-corrected chi connectivity index (χ2v) is 5.59. The highest BCUT2D eigenvalue weighted by Crippen LogP contribution is 2.34. The molecule has 2 rings (SSSR count). The molecular weight excluding hydrogens is 259 g/mol. The molecule has 7 heteroatoms. The Morgan fingerprint density at radius 2 is 1.74 bits per heavy atom. The van der Waals surface area contributed by atoms with E-state index in [1.165, 1.54) is 4.90 Å². The van der Waals surface area contributed by atoms with Crippen molar-refractivity contribution in [3.8, 4) is 0 Å². The third kappa shape index (κ3) is 4.30. The molecule has 1 aliphatic heterocycles. The first-order valence-electron chi connectivity index (χ1n) is 6.80. The molecule has 1 aliphatic carbocycles. The Bertz CT molecular complexity index is 288. The summed E-state index contributed by atoms with van der Waals surface area (Å²) in [5, 5.41) is 9.46. The maximum Gasteiger partial charge on any atom is 0.401 e. The third-order valence-electron chi connectivity index (χ3n) is 4.08. The van der Waals surface area contributed by atoms with Crippen LogP contribution in [-0.4, -0.2) is 72.5 Å². The lowest BCUT2D eigenvalue weighted by atomic mass is 10.0. The maximum absolute atomic E-state index is 12.3. The van der Waals surface area contributed by atoms with E-state index in [2.05, 4.69) is 0 Å². The number of aliphatic hydroxyl groups is 1. The number of nitrogens with two attached hydrogens (primary N) is 1. The topological polar surface area (TPSA) is 52.7 Å². The monoisotopic (exact) mass is 281 g/mol. The van der Waals surface area contributed by atoms with Gasteiger partial charge in [0.2, 0.25) is 0 Å². The molecule has 1 saturated carbocycles. The summed E-state index contributed by atoms with van der Waals surface area (Å²) >= 11 is 0. The fraction of sp³-hybridized carbons (Fsp3) is 1.00. The predicted molar refractivity (Wildman–Crippen MR) is 65.6 cm³/mol. The van der Waals surface area contributed by atoms with Crippen molar-refractivity contribution in [2.75, 3.05) is 39.3 Å². The molecule has 19 heavy (non-hydrogen) atoms. The molecule has 4 nitrogen and oxygen atoms in total. The fourth-order valence-corrected chi connectivity index (χ4v) is 2.78. The molecule has 2 unspecified atom stereocenters. The van der Waals surface area contributed by atoms with Crippen LogP contribution in [0.25, 0.3) is 0 Å². The van der Waals surface area contributed by atoms with Crippen molar-refractivity contribution in [1.29, 1.82) is 0 Å². The smallest absolute Gasteiger partial charge is 0.395 e. The Labute approximate surface area is 111 Å². The van der Waals surface area contributed by atoms with Gasteiger partial charge in [0.05, 0.1) is 13.2 Å². The minimum absolute atomic E-state index is 0.0169. The van der Waals surface area contributed by atoms with Crippen molar-refractivity contribution in [1.82, 2.24) is 9.80 Å². The van der Waals surface area contributed by atoms with Gasteiger partial charge in [-0.1, -0.05) is 0 Å². The van der Waals surface area contributed by atoms with Gasteiger partial charge < -0.3 is 10.8 Å². The van der Waals surface area contributed by atoms with E-state index in [9.17, 15) is 18.3 Å². The van der Waals surface area contributed by atoms with Crippen molar-refractivity contribution in [3.05, 3.63) is 0 Å². The minimum Gasteiger partial charge on any atom is -0.395 e. The fourth-order valence-electron chi connectivity index (χ4n) is 2.78. The standard InChI is InChI=1S/C12H22F3N3O/c13-12(14,15)8-17-3-5-18(6-4-17)10(7-19)11(16)9-1-2-9/h9-11,19H,1-8,16H2. The molecule has 0 spiro atoms. The maximum atomic E-state index is 12.3. The van der Waals surface area contributed by atoms with E-state index in [1.54, 1.807) is 0 Å². The quantitative estimate of drug-likeness (QED) is 0.759. The average molecular weight is 281 g/mol. The summed E-state index contributed by atoms with van der Waals surface area (Å²) in [6, 6.07) is -0.167. The summed E-state index contributed by atoms with van der Waals surface area (Å²) in [5.74, 6) is 0.477. The largest absolute Gasteiger partial charge is 0.401 e. The number of hydrogen-bond acceptors (Lipinski definition) is 4. The van der Waals surface area contributed by atoms with Crippen LogP contribution in [0.4, 0.5) is 13.2 Å². The zero-order valence-electron chi connectivity index (χ0n) is 10.9. The molecular formula is C12H22F3N3O. The van der Waals surface area contributed by atoms with Gasteiger partial charge >= 0.3 is 6.18 Å². The van der Waals surface area contributed by atoms with Gasteiger partial charge in [-0.15, -0.1) is 0 Å². The molecule has 0 bridgehead atoms. The molecule has 3 N–H and O–H groups in total. The highest BCUT2D eigenvalue weighted by atomic mass is 19.4. The van der Waals surface area contributed by atoms with Gasteiger partial charge in [-0.3, -0.25) is 9.80 Å². The van der Waals surface area contributed by atoms with Crippen LogP contribution in [0, 0.1) is 5.92 Å². The van der Waals surface area contributed by atoms with Crippen LogP contribution in [0.3, 0.4) is 0 Å². The molecule has 0 amide bonds. The summed E-state index contributed by atoms with van der Waals surface area (Å²) in [4.78, 5) is 3.45. The first kappa shape index (κ1) is 15.0. The Hall–Kier alpha value is -0.370. The zero-order chi connectivity index (χ0) is 14.0. The third-order valence-corrected chi connectivity index (χ3v) is 4.08. The second kappa shape index (κ2) is 5.95. The van der Waals surface area contributed by atoms with Gasteiger partial charge in [-0.25, -0.2) is 0 Å². The Morgan fingerprint density at radius 1 is 1.16 bits per heavy atom. The van der Waals surface area contributed by atoms with Gasteiger partial charge in [0.25, 0.3) is 0 Å². The lowest BCUT2D eigenvalue weighted by Gasteiger charge is -2.41. The summed E-state index contributed by atoms with van der Waals surface area (Å²) in [6.45, 7) is 0.987. The van der Waals surface area contributed by atoms with Gasteiger partial charge in [-0.05, 0) is 18.8 Å². The Kier molecular flexibility index (Phi) is 4.70. The molecule has 0 aromatic rings. The number of nitrogens with zero attached hydrogens (tertiary/aromatic N) is 2. The molecule has 1 heterocycles. The zero-order valence-corrected chi connectivity index (χ0v) is 10.9. The number of alkyl halides is 3. The van der Waals surface area contributed by atoms with E-state index >= 15 is 0 Å². The SMILES string of the molecule is NC(C1CC1)C(CO)N1CCN(CC(F)(F)F)CC1. The Morgan fingerprint density at radius 3 is 2.16 bits per heavy atom. The van der Waals surface area contributed by atoms with Crippen LogP contribution >= 0.6 is 0 Å². The van der Waals surface area contributed by atoms with Crippen LogP contribution in [0.5, 0.6) is 0 Å². The van der Waals surface area contributed by atoms with E-state index < -0.39 is 12.7 Å². The normalized spacial score (nSPS) is 26.4. The van der Waals surface area contributed by atoms with Crippen molar-refractivity contribution in [2.24, 2.45) is 11.7 Å². The predicted octanol–water partition coefficient (Wildman–Crippen LogP) is 0.265. The van der Waals surface area contributed by atoms with Crippen molar-refractivity contribution in [3.63, 3.8) is 0 Å². The van der Waals surface area contributed by atoms with E-state index in [-0.39, 0.29) is 18.7 Å². The van der Waals surface area contributed by atoms with Crippen molar-refractivity contribution < 1.29 is 18.3 Å². The van der Waals surface area contributed by atoms with Crippen molar-refractivity contribution >= 4 is 0 Å². The van der Waals surface area contributed by atoms with Crippen molar-refractivity contribution in [2.45, 2.75) is 31.1 Å². The number of halogens is 3. The van der Waals surface area contributed by atoms with Crippen LogP contribution in [-0.2, 0) is 0 Å². The van der Waals surface area contributed by atoms with E-state index in [0.717, 1.165) is 12.8 Å². The number of rotatable bonds is 5. The van der Waals surface area contributed by atoms with E-state index in [4.69, 9.17) is 5.73 Å². The molecule has 0 aromatic carbocycles. The first-order chi connectivity index (χ1) is 8.90. The van der Waals surface area contributed by atoms with Gasteiger partial charge in [0.15, 0.2) is 0 Å². The van der Waals surface area contributed by atoms with E-state index in [1.807, 2.05) is 4.90 Å². The highest BCUT2D eigenvalue weighted by Gasteiger charge is 2.38. The minimum atomic E-state index is -4.14. The van der Waals surface area contributed by atoms with Crippen LogP contribution in [0.2, 0.25) is 0 Å². The Balaban J connectivity index is 1.81. The van der Waals surface area contributed by atoms with Gasteiger partial charge in [0, 0.05) is 38.3 Å². The van der Waals surface area contributed by atoms with Crippen LogP contribution in [0.15, 0.2) is 0 Å². The molecule has 112 valence electrons. The number of hydrogen-bond donors (Lipinski definition) is 2. The lowest BCUT2D eigenvalue weighted by molar-refractivity contribution is -0.150. The number of piperazine rings is 1. The highest BCUT2D eigenvalue weighted by molar-refractivity contribution is 4.94. The molecule has 2 atom stereocenters. The summed E-state index contributed by atoms with van der Waals surface area (Å²) in [7, 11) is 0.